The second-order valence-electron chi connectivity index (χ2n) is 5.52. The van der Waals surface area contributed by atoms with Crippen molar-refractivity contribution in [3.8, 4) is 0 Å². The van der Waals surface area contributed by atoms with Gasteiger partial charge in [-0.15, -0.1) is 0 Å². The summed E-state index contributed by atoms with van der Waals surface area (Å²) in [5.41, 5.74) is 0.732. The summed E-state index contributed by atoms with van der Waals surface area (Å²) in [6, 6.07) is 4.45. The normalized spacial score (nSPS) is 19.9. The predicted octanol–water partition coefficient (Wildman–Crippen LogP) is 1.43. The van der Waals surface area contributed by atoms with E-state index in [0.29, 0.717) is 0 Å². The fraction of sp³-hybridized carbons (Fsp3) is 0.600. The second-order valence-corrected chi connectivity index (χ2v) is 5.52. The van der Waals surface area contributed by atoms with Gasteiger partial charge in [0, 0.05) is 50.5 Å². The van der Waals surface area contributed by atoms with E-state index in [-0.39, 0.29) is 5.91 Å². The molecule has 1 aliphatic carbocycles. The van der Waals surface area contributed by atoms with E-state index >= 15 is 0 Å². The zero-order chi connectivity index (χ0) is 13.9. The van der Waals surface area contributed by atoms with E-state index in [9.17, 15) is 4.79 Å². The van der Waals surface area contributed by atoms with E-state index < -0.39 is 0 Å². The Labute approximate surface area is 120 Å². The van der Waals surface area contributed by atoms with E-state index in [1.165, 1.54) is 12.8 Å². The van der Waals surface area contributed by atoms with Crippen LogP contribution in [0.25, 0.3) is 0 Å². The third-order valence-electron chi connectivity index (χ3n) is 4.03. The highest BCUT2D eigenvalue weighted by atomic mass is 16.2. The molecule has 2 fully saturated rings. The molecule has 108 valence electrons. The highest BCUT2D eigenvalue weighted by molar-refractivity contribution is 5.94. The number of anilines is 1. The van der Waals surface area contributed by atoms with Crippen LogP contribution in [0.15, 0.2) is 18.3 Å². The minimum Gasteiger partial charge on any atom is -0.370 e. The summed E-state index contributed by atoms with van der Waals surface area (Å²) >= 11 is 0. The van der Waals surface area contributed by atoms with Crippen molar-refractivity contribution in [2.24, 2.45) is 0 Å². The number of hydrogen-bond acceptors (Lipinski definition) is 4. The van der Waals surface area contributed by atoms with Gasteiger partial charge in [0.2, 0.25) is 0 Å². The van der Waals surface area contributed by atoms with Crippen molar-refractivity contribution in [1.29, 1.82) is 0 Å². The Bertz CT molecular complexity index is 479. The van der Waals surface area contributed by atoms with Crippen LogP contribution in [0.5, 0.6) is 0 Å². The van der Waals surface area contributed by atoms with Gasteiger partial charge in [-0.25, -0.2) is 4.98 Å². The number of amides is 1. The number of aromatic nitrogens is 1. The molecular weight excluding hydrogens is 252 g/mol. The Morgan fingerprint density at radius 3 is 2.75 bits per heavy atom. The number of hydrogen-bond donors (Lipinski definition) is 1. The molecule has 1 aliphatic heterocycles. The summed E-state index contributed by atoms with van der Waals surface area (Å²) < 4.78 is 0. The van der Waals surface area contributed by atoms with E-state index in [1.54, 1.807) is 12.3 Å². The maximum atomic E-state index is 12.5. The molecule has 0 radical (unpaired) electrons. The van der Waals surface area contributed by atoms with Gasteiger partial charge in [0.1, 0.15) is 5.82 Å². The molecule has 2 aliphatic rings. The molecule has 0 bridgehead atoms. The molecule has 0 unspecified atom stereocenters. The third kappa shape index (κ3) is 2.93. The first-order chi connectivity index (χ1) is 9.78. The molecule has 1 N–H and O–H groups in total. The number of carbonyl (C=O) groups excluding carboxylic acids is 1. The lowest BCUT2D eigenvalue weighted by molar-refractivity contribution is 0.0627. The standard InChI is InChI=1S/C15H22N4O/c1-2-16-14-11-12(5-6-17-14)15(20)19-9-7-18(8-10-19)13-3-4-13/h5-6,11,13H,2-4,7-10H2,1H3,(H,16,17). The van der Waals surface area contributed by atoms with Gasteiger partial charge in [-0.2, -0.15) is 0 Å². The van der Waals surface area contributed by atoms with Crippen LogP contribution in [0.3, 0.4) is 0 Å². The van der Waals surface area contributed by atoms with Gasteiger partial charge in [-0.1, -0.05) is 0 Å². The van der Waals surface area contributed by atoms with Gasteiger partial charge in [0.15, 0.2) is 0 Å². The molecule has 20 heavy (non-hydrogen) atoms. The molecule has 1 aromatic heterocycles. The zero-order valence-corrected chi connectivity index (χ0v) is 12.0. The zero-order valence-electron chi connectivity index (χ0n) is 12.0. The van der Waals surface area contributed by atoms with Crippen molar-refractivity contribution < 1.29 is 4.79 Å². The first-order valence-electron chi connectivity index (χ1n) is 7.51. The van der Waals surface area contributed by atoms with Crippen LogP contribution >= 0.6 is 0 Å². The maximum Gasteiger partial charge on any atom is 0.254 e. The summed E-state index contributed by atoms with van der Waals surface area (Å²) in [6.07, 6.45) is 4.38. The maximum absolute atomic E-state index is 12.5. The highest BCUT2D eigenvalue weighted by Crippen LogP contribution is 2.27. The molecule has 1 saturated carbocycles. The van der Waals surface area contributed by atoms with Crippen molar-refractivity contribution in [2.45, 2.75) is 25.8 Å². The molecule has 5 nitrogen and oxygen atoms in total. The Kier molecular flexibility index (Phi) is 3.87. The molecule has 0 spiro atoms. The first kappa shape index (κ1) is 13.4. The Balaban J connectivity index is 1.62. The summed E-state index contributed by atoms with van der Waals surface area (Å²) in [4.78, 5) is 21.2. The SMILES string of the molecule is CCNc1cc(C(=O)N2CCN(C3CC3)CC2)ccn1. The smallest absolute Gasteiger partial charge is 0.254 e. The van der Waals surface area contributed by atoms with Gasteiger partial charge in [0.25, 0.3) is 5.91 Å². The molecule has 5 heteroatoms. The average Bonchev–Trinajstić information content (AvgIpc) is 3.32. The quantitative estimate of drug-likeness (QED) is 0.902. The Morgan fingerprint density at radius 2 is 2.10 bits per heavy atom. The Hall–Kier alpha value is -1.62. The highest BCUT2D eigenvalue weighted by Gasteiger charge is 2.32. The Morgan fingerprint density at radius 1 is 1.35 bits per heavy atom. The van der Waals surface area contributed by atoms with Crippen molar-refractivity contribution >= 4 is 11.7 Å². The van der Waals surface area contributed by atoms with Gasteiger partial charge in [-0.3, -0.25) is 9.69 Å². The van der Waals surface area contributed by atoms with Crippen molar-refractivity contribution in [2.75, 3.05) is 38.0 Å². The predicted molar refractivity (Wildman–Crippen MR) is 78.9 cm³/mol. The topological polar surface area (TPSA) is 48.5 Å². The number of carbonyl (C=O) groups is 1. The van der Waals surface area contributed by atoms with Crippen LogP contribution in [-0.4, -0.2) is 59.5 Å². The molecule has 1 saturated heterocycles. The van der Waals surface area contributed by atoms with Gasteiger partial charge >= 0.3 is 0 Å². The lowest BCUT2D eigenvalue weighted by Crippen LogP contribution is -2.49. The monoisotopic (exact) mass is 274 g/mol. The van der Waals surface area contributed by atoms with E-state index in [4.69, 9.17) is 0 Å². The number of rotatable bonds is 4. The van der Waals surface area contributed by atoms with E-state index in [0.717, 1.165) is 50.1 Å². The lowest BCUT2D eigenvalue weighted by atomic mass is 10.2. The van der Waals surface area contributed by atoms with Gasteiger partial charge in [0.05, 0.1) is 0 Å². The van der Waals surface area contributed by atoms with Crippen LogP contribution in [0.2, 0.25) is 0 Å². The average molecular weight is 274 g/mol. The van der Waals surface area contributed by atoms with Crippen LogP contribution < -0.4 is 5.32 Å². The van der Waals surface area contributed by atoms with E-state index in [2.05, 4.69) is 15.2 Å². The minimum absolute atomic E-state index is 0.127. The summed E-state index contributed by atoms with van der Waals surface area (Å²) in [7, 11) is 0. The summed E-state index contributed by atoms with van der Waals surface area (Å²) in [6.45, 7) is 6.55. The molecular formula is C15H22N4O. The first-order valence-corrected chi connectivity index (χ1v) is 7.51. The number of pyridine rings is 1. The van der Waals surface area contributed by atoms with Gasteiger partial charge < -0.3 is 10.2 Å². The summed E-state index contributed by atoms with van der Waals surface area (Å²) in [5, 5.41) is 3.15. The fourth-order valence-corrected chi connectivity index (χ4v) is 2.75. The number of nitrogens with zero attached hydrogens (tertiary/aromatic N) is 3. The largest absolute Gasteiger partial charge is 0.370 e. The molecule has 3 rings (SSSR count). The molecule has 0 atom stereocenters. The number of nitrogens with one attached hydrogen (secondary N) is 1. The van der Waals surface area contributed by atoms with Crippen molar-refractivity contribution in [1.82, 2.24) is 14.8 Å². The number of piperazine rings is 1. The van der Waals surface area contributed by atoms with E-state index in [1.807, 2.05) is 17.9 Å². The van der Waals surface area contributed by atoms with Crippen molar-refractivity contribution in [3.63, 3.8) is 0 Å². The molecule has 0 aromatic carbocycles. The molecule has 2 heterocycles. The minimum atomic E-state index is 0.127. The van der Waals surface area contributed by atoms with Gasteiger partial charge in [-0.05, 0) is 31.9 Å². The summed E-state index contributed by atoms with van der Waals surface area (Å²) in [5.74, 6) is 0.900. The molecule has 1 amide bonds. The fourth-order valence-electron chi connectivity index (χ4n) is 2.75. The van der Waals surface area contributed by atoms with Crippen LogP contribution in [-0.2, 0) is 0 Å². The van der Waals surface area contributed by atoms with Crippen molar-refractivity contribution in [3.05, 3.63) is 23.9 Å². The van der Waals surface area contributed by atoms with Crippen LogP contribution in [0.1, 0.15) is 30.1 Å². The second kappa shape index (κ2) is 5.79. The van der Waals surface area contributed by atoms with Crippen LogP contribution in [0, 0.1) is 0 Å². The van der Waals surface area contributed by atoms with Crippen LogP contribution in [0.4, 0.5) is 5.82 Å². The third-order valence-corrected chi connectivity index (χ3v) is 4.03. The lowest BCUT2D eigenvalue weighted by Gasteiger charge is -2.34. The molecule has 1 aromatic rings.